The molecule has 2 aromatic rings. The summed E-state index contributed by atoms with van der Waals surface area (Å²) in [6, 6.07) is 8.01. The standard InChI is InChI=1S/C12H12N2O3S/c1-8-7-11(14-12(15)13-8)9-3-5-10(6-4-9)18(2,16)17/h3-7H,1-2H3,(H,13,14,15). The Morgan fingerprint density at radius 2 is 1.78 bits per heavy atom. The molecule has 0 atom stereocenters. The molecular formula is C12H12N2O3S. The van der Waals surface area contributed by atoms with E-state index in [1.807, 2.05) is 0 Å². The SMILES string of the molecule is Cc1cc(-c2ccc(S(C)(=O)=O)cc2)nc(=O)[nH]1. The molecule has 0 saturated carbocycles. The van der Waals surface area contributed by atoms with Gasteiger partial charge in [-0.05, 0) is 25.1 Å². The summed E-state index contributed by atoms with van der Waals surface area (Å²) in [5.74, 6) is 0. The van der Waals surface area contributed by atoms with E-state index in [9.17, 15) is 13.2 Å². The predicted molar refractivity (Wildman–Crippen MR) is 68.1 cm³/mol. The first-order valence-electron chi connectivity index (χ1n) is 5.25. The van der Waals surface area contributed by atoms with Crippen molar-refractivity contribution in [2.75, 3.05) is 6.26 Å². The first-order chi connectivity index (χ1) is 8.36. The minimum atomic E-state index is -3.21. The highest BCUT2D eigenvalue weighted by Crippen LogP contribution is 2.18. The summed E-state index contributed by atoms with van der Waals surface area (Å²) in [6.07, 6.45) is 1.15. The van der Waals surface area contributed by atoms with Crippen LogP contribution in [0.25, 0.3) is 11.3 Å². The summed E-state index contributed by atoms with van der Waals surface area (Å²) >= 11 is 0. The van der Waals surface area contributed by atoms with Gasteiger partial charge in [0.15, 0.2) is 9.84 Å². The average molecular weight is 264 g/mol. The Kier molecular flexibility index (Phi) is 3.04. The van der Waals surface area contributed by atoms with Crippen LogP contribution in [0.4, 0.5) is 0 Å². The number of hydrogen-bond acceptors (Lipinski definition) is 4. The van der Waals surface area contributed by atoms with Crippen LogP contribution in [0.15, 0.2) is 40.0 Å². The highest BCUT2D eigenvalue weighted by atomic mass is 32.2. The van der Waals surface area contributed by atoms with Crippen molar-refractivity contribution < 1.29 is 8.42 Å². The lowest BCUT2D eigenvalue weighted by Crippen LogP contribution is -2.11. The number of nitrogens with zero attached hydrogens (tertiary/aromatic N) is 1. The molecule has 94 valence electrons. The van der Waals surface area contributed by atoms with Crippen molar-refractivity contribution in [2.45, 2.75) is 11.8 Å². The van der Waals surface area contributed by atoms with Gasteiger partial charge in [0, 0.05) is 17.5 Å². The van der Waals surface area contributed by atoms with E-state index in [-0.39, 0.29) is 4.90 Å². The molecule has 0 radical (unpaired) electrons. The molecule has 1 aromatic carbocycles. The van der Waals surface area contributed by atoms with Crippen LogP contribution >= 0.6 is 0 Å². The number of hydrogen-bond donors (Lipinski definition) is 1. The van der Waals surface area contributed by atoms with Crippen molar-refractivity contribution in [1.29, 1.82) is 0 Å². The second-order valence-electron chi connectivity index (χ2n) is 4.05. The zero-order valence-electron chi connectivity index (χ0n) is 9.97. The van der Waals surface area contributed by atoms with Crippen LogP contribution in [0.1, 0.15) is 5.69 Å². The molecule has 1 N–H and O–H groups in total. The minimum Gasteiger partial charge on any atom is -0.310 e. The van der Waals surface area contributed by atoms with Crippen molar-refractivity contribution >= 4 is 9.84 Å². The Hall–Kier alpha value is -1.95. The Morgan fingerprint density at radius 1 is 1.17 bits per heavy atom. The molecule has 0 aliphatic rings. The third-order valence-electron chi connectivity index (χ3n) is 2.46. The molecule has 5 nitrogen and oxygen atoms in total. The van der Waals surface area contributed by atoms with E-state index in [2.05, 4.69) is 9.97 Å². The zero-order chi connectivity index (χ0) is 13.3. The van der Waals surface area contributed by atoms with Crippen LogP contribution in [-0.4, -0.2) is 24.6 Å². The second kappa shape index (κ2) is 4.38. The van der Waals surface area contributed by atoms with Gasteiger partial charge in [-0.2, -0.15) is 4.98 Å². The quantitative estimate of drug-likeness (QED) is 0.882. The van der Waals surface area contributed by atoms with Crippen molar-refractivity contribution in [3.8, 4) is 11.3 Å². The fraction of sp³-hybridized carbons (Fsp3) is 0.167. The normalized spacial score (nSPS) is 11.4. The summed E-state index contributed by atoms with van der Waals surface area (Å²) in [7, 11) is -3.21. The molecule has 0 fully saturated rings. The van der Waals surface area contributed by atoms with Gasteiger partial charge in [-0.3, -0.25) is 0 Å². The molecule has 2 rings (SSSR count). The lowest BCUT2D eigenvalue weighted by molar-refractivity contribution is 0.602. The van der Waals surface area contributed by atoms with Gasteiger partial charge in [-0.15, -0.1) is 0 Å². The van der Waals surface area contributed by atoms with Crippen molar-refractivity contribution in [1.82, 2.24) is 9.97 Å². The number of benzene rings is 1. The second-order valence-corrected chi connectivity index (χ2v) is 6.07. The number of aromatic nitrogens is 2. The fourth-order valence-electron chi connectivity index (χ4n) is 1.60. The molecule has 0 aliphatic heterocycles. The predicted octanol–water partition coefficient (Wildman–Crippen LogP) is 1.15. The third kappa shape index (κ3) is 2.65. The van der Waals surface area contributed by atoms with E-state index in [0.717, 1.165) is 6.26 Å². The Balaban J connectivity index is 2.50. The molecule has 0 amide bonds. The molecule has 0 saturated heterocycles. The monoisotopic (exact) mass is 264 g/mol. The van der Waals surface area contributed by atoms with Gasteiger partial charge in [0.05, 0.1) is 10.6 Å². The maximum Gasteiger partial charge on any atom is 0.345 e. The molecule has 0 spiro atoms. The van der Waals surface area contributed by atoms with Gasteiger partial charge in [0.2, 0.25) is 0 Å². The number of sulfone groups is 1. The van der Waals surface area contributed by atoms with Crippen LogP contribution < -0.4 is 5.69 Å². The Labute approximate surface area is 104 Å². The van der Waals surface area contributed by atoms with E-state index in [1.54, 1.807) is 25.1 Å². The van der Waals surface area contributed by atoms with Crippen LogP contribution in [0, 0.1) is 6.92 Å². The van der Waals surface area contributed by atoms with E-state index in [4.69, 9.17) is 0 Å². The molecule has 0 bridgehead atoms. The number of aromatic amines is 1. The maximum absolute atomic E-state index is 11.3. The topological polar surface area (TPSA) is 79.9 Å². The van der Waals surface area contributed by atoms with Crippen LogP contribution in [0.2, 0.25) is 0 Å². The first kappa shape index (κ1) is 12.5. The number of rotatable bonds is 2. The van der Waals surface area contributed by atoms with Crippen LogP contribution in [0.5, 0.6) is 0 Å². The van der Waals surface area contributed by atoms with E-state index < -0.39 is 15.5 Å². The van der Waals surface area contributed by atoms with Gasteiger partial charge in [0.1, 0.15) is 0 Å². The van der Waals surface area contributed by atoms with Gasteiger partial charge >= 0.3 is 5.69 Å². The van der Waals surface area contributed by atoms with Crippen LogP contribution in [0.3, 0.4) is 0 Å². The smallest absolute Gasteiger partial charge is 0.310 e. The van der Waals surface area contributed by atoms with Crippen molar-refractivity contribution in [3.05, 3.63) is 46.5 Å². The Morgan fingerprint density at radius 3 is 2.28 bits per heavy atom. The van der Waals surface area contributed by atoms with E-state index in [0.29, 0.717) is 17.0 Å². The molecular weight excluding hydrogens is 252 g/mol. The molecule has 1 heterocycles. The minimum absolute atomic E-state index is 0.243. The molecule has 18 heavy (non-hydrogen) atoms. The molecule has 1 aromatic heterocycles. The van der Waals surface area contributed by atoms with Crippen molar-refractivity contribution in [3.63, 3.8) is 0 Å². The highest BCUT2D eigenvalue weighted by molar-refractivity contribution is 7.90. The van der Waals surface area contributed by atoms with Gasteiger partial charge in [-0.1, -0.05) is 12.1 Å². The summed E-state index contributed by atoms with van der Waals surface area (Å²) in [6.45, 7) is 1.76. The third-order valence-corrected chi connectivity index (χ3v) is 3.59. The fourth-order valence-corrected chi connectivity index (χ4v) is 2.23. The summed E-state index contributed by atoms with van der Waals surface area (Å²) < 4.78 is 22.6. The lowest BCUT2D eigenvalue weighted by Gasteiger charge is -2.03. The number of aryl methyl sites for hydroxylation is 1. The van der Waals surface area contributed by atoms with Gasteiger partial charge < -0.3 is 4.98 Å². The van der Waals surface area contributed by atoms with Gasteiger partial charge in [0.25, 0.3) is 0 Å². The van der Waals surface area contributed by atoms with Crippen molar-refractivity contribution in [2.24, 2.45) is 0 Å². The van der Waals surface area contributed by atoms with E-state index in [1.165, 1.54) is 12.1 Å². The summed E-state index contributed by atoms with van der Waals surface area (Å²) in [5, 5.41) is 0. The lowest BCUT2D eigenvalue weighted by atomic mass is 10.1. The molecule has 6 heteroatoms. The first-order valence-corrected chi connectivity index (χ1v) is 7.14. The van der Waals surface area contributed by atoms with Gasteiger partial charge in [-0.25, -0.2) is 13.2 Å². The summed E-state index contributed by atoms with van der Waals surface area (Å²) in [5.41, 5.74) is 1.52. The average Bonchev–Trinajstić information content (AvgIpc) is 2.27. The Bertz CT molecular complexity index is 731. The van der Waals surface area contributed by atoms with Crippen LogP contribution in [-0.2, 0) is 9.84 Å². The zero-order valence-corrected chi connectivity index (χ0v) is 10.8. The molecule has 0 unspecified atom stereocenters. The number of H-pyrrole nitrogens is 1. The molecule has 0 aliphatic carbocycles. The maximum atomic E-state index is 11.3. The largest absolute Gasteiger partial charge is 0.345 e. The number of nitrogens with one attached hydrogen (secondary N) is 1. The van der Waals surface area contributed by atoms with E-state index >= 15 is 0 Å². The highest BCUT2D eigenvalue weighted by Gasteiger charge is 2.07. The summed E-state index contributed by atoms with van der Waals surface area (Å²) in [4.78, 5) is 17.9.